The van der Waals surface area contributed by atoms with Gasteiger partial charge in [0.15, 0.2) is 0 Å². The Labute approximate surface area is 105 Å². The van der Waals surface area contributed by atoms with Crippen LogP contribution in [0, 0.1) is 4.91 Å². The van der Waals surface area contributed by atoms with Crippen LogP contribution in [0.15, 0.2) is 54.4 Å². The molecule has 0 aromatic heterocycles. The van der Waals surface area contributed by atoms with Gasteiger partial charge >= 0.3 is 11.7 Å². The van der Waals surface area contributed by atoms with Crippen LogP contribution in [0.5, 0.6) is 0 Å². The van der Waals surface area contributed by atoms with Gasteiger partial charge in [0.05, 0.1) is 17.1 Å². The van der Waals surface area contributed by atoms with Crippen LogP contribution in [-0.2, 0) is 4.79 Å². The van der Waals surface area contributed by atoms with Gasteiger partial charge in [-0.05, 0) is 24.0 Å². The molecule has 5 heteroatoms. The molecule has 0 aliphatic carbocycles. The number of para-hydroxylation sites is 1. The third kappa shape index (κ3) is 2.29. The van der Waals surface area contributed by atoms with E-state index in [1.54, 1.807) is 13.0 Å². The fourth-order valence-electron chi connectivity index (χ4n) is 1.59. The number of anilines is 1. The highest BCUT2D eigenvalue weighted by Gasteiger charge is 2.32. The average molecular weight is 244 g/mol. The number of nitrogens with one attached hydrogen (secondary N) is 1. The Morgan fingerprint density at radius 3 is 2.67 bits per heavy atom. The third-order valence-electron chi connectivity index (χ3n) is 2.57. The van der Waals surface area contributed by atoms with Crippen molar-refractivity contribution in [2.75, 3.05) is 11.6 Å². The molecule has 0 saturated heterocycles. The summed E-state index contributed by atoms with van der Waals surface area (Å²) in [6.45, 7) is 5.55. The highest BCUT2D eigenvalue weighted by molar-refractivity contribution is 5.93. The van der Waals surface area contributed by atoms with E-state index in [1.165, 1.54) is 5.01 Å². The minimum Gasteiger partial charge on any atom is -0.241 e. The lowest BCUT2D eigenvalue weighted by Crippen LogP contribution is -2.34. The zero-order valence-electron chi connectivity index (χ0n) is 10.1. The van der Waals surface area contributed by atoms with Gasteiger partial charge in [-0.3, -0.25) is 0 Å². The van der Waals surface area contributed by atoms with Crippen molar-refractivity contribution in [2.45, 2.75) is 6.92 Å². The lowest BCUT2D eigenvalue weighted by Gasteiger charge is -2.11. The topological polar surface area (TPSA) is 52.4 Å². The Morgan fingerprint density at radius 2 is 2.06 bits per heavy atom. The summed E-state index contributed by atoms with van der Waals surface area (Å²) in [5.41, 5.74) is 1.14. The normalized spacial score (nSPS) is 14.4. The molecule has 1 aromatic rings. The highest BCUT2D eigenvalue weighted by Crippen LogP contribution is 2.19. The van der Waals surface area contributed by atoms with E-state index < -0.39 is 0 Å². The van der Waals surface area contributed by atoms with Crippen LogP contribution in [0.3, 0.4) is 0 Å². The minimum atomic E-state index is -0.350. The number of nitroso groups, excluding NO2 is 1. The second-order valence-corrected chi connectivity index (χ2v) is 4.01. The van der Waals surface area contributed by atoms with Gasteiger partial charge in [-0.1, -0.05) is 24.8 Å². The Balaban J connectivity index is 2.09. The largest absolute Gasteiger partial charge is 0.347 e. The lowest BCUT2D eigenvalue weighted by molar-refractivity contribution is -0.506. The smallest absolute Gasteiger partial charge is 0.241 e. The van der Waals surface area contributed by atoms with Gasteiger partial charge in [0.2, 0.25) is 0 Å². The van der Waals surface area contributed by atoms with E-state index in [0.29, 0.717) is 17.0 Å². The first kappa shape index (κ1) is 12.0. The molecule has 0 radical (unpaired) electrons. The van der Waals surface area contributed by atoms with Crippen molar-refractivity contribution in [3.8, 4) is 0 Å². The number of hydrogen-bond acceptors (Lipinski definition) is 2. The predicted octanol–water partition coefficient (Wildman–Crippen LogP) is 1.73. The Bertz CT molecular complexity index is 534. The Kier molecular flexibility index (Phi) is 3.23. The predicted molar refractivity (Wildman–Crippen MR) is 68.5 cm³/mol. The lowest BCUT2D eigenvalue weighted by atomic mass is 10.3. The molecule has 2 rings (SSSR count). The van der Waals surface area contributed by atoms with E-state index >= 15 is 0 Å². The summed E-state index contributed by atoms with van der Waals surface area (Å²) in [5, 5.41) is 4.04. The maximum absolute atomic E-state index is 12.0. The minimum absolute atomic E-state index is 0.229. The molecule has 0 fully saturated rings. The number of hydrazine groups is 1. The van der Waals surface area contributed by atoms with Crippen LogP contribution < -0.4 is 10.3 Å². The second kappa shape index (κ2) is 4.83. The summed E-state index contributed by atoms with van der Waals surface area (Å²) in [7, 11) is 0. The number of nitrogens with zero attached hydrogens (tertiary/aromatic N) is 2. The van der Waals surface area contributed by atoms with Gasteiger partial charge in [0.1, 0.15) is 0 Å². The van der Waals surface area contributed by atoms with E-state index in [2.05, 4.69) is 11.9 Å². The number of amides is 1. The molecule has 0 bridgehead atoms. The molecule has 5 nitrogen and oxygen atoms in total. The van der Waals surface area contributed by atoms with Crippen molar-refractivity contribution >= 4 is 11.6 Å². The van der Waals surface area contributed by atoms with E-state index in [0.717, 1.165) is 5.69 Å². The van der Waals surface area contributed by atoms with Gasteiger partial charge in [-0.15, -0.1) is 0 Å². The molecule has 0 atom stereocenters. The van der Waals surface area contributed by atoms with E-state index in [-0.39, 0.29) is 11.7 Å². The summed E-state index contributed by atoms with van der Waals surface area (Å²) in [6, 6.07) is 9.26. The number of carbonyl (C=O) groups excluding carboxylic acids is 1. The van der Waals surface area contributed by atoms with Crippen LogP contribution in [0.4, 0.5) is 5.69 Å². The molecular weight excluding hydrogens is 230 g/mol. The van der Waals surface area contributed by atoms with Crippen molar-refractivity contribution in [3.05, 3.63) is 59.3 Å². The first-order valence-electron chi connectivity index (χ1n) is 5.56. The van der Waals surface area contributed by atoms with Crippen LogP contribution in [0.25, 0.3) is 0 Å². The molecule has 0 unspecified atom stereocenters. The monoisotopic (exact) mass is 244 g/mol. The standard InChI is InChI=1S/C13H13N3O2/c1-10(2)13(17)14-12-8-9-15(16(12)18)11-6-4-3-5-7-11/h3-8H,1,9H2,2H3/p+1. The van der Waals surface area contributed by atoms with Gasteiger partial charge in [0.25, 0.3) is 0 Å². The summed E-state index contributed by atoms with van der Waals surface area (Å²) in [5.74, 6) is -0.121. The Hall–Kier alpha value is -2.43. The molecule has 1 aliphatic rings. The fraction of sp³-hybridized carbons (Fsp3) is 0.154. The Morgan fingerprint density at radius 1 is 1.39 bits per heavy atom. The number of benzene rings is 1. The van der Waals surface area contributed by atoms with Crippen molar-refractivity contribution in [1.82, 2.24) is 5.32 Å². The van der Waals surface area contributed by atoms with Crippen LogP contribution in [0.1, 0.15) is 6.92 Å². The summed E-state index contributed by atoms with van der Waals surface area (Å²) >= 11 is 0. The highest BCUT2D eigenvalue weighted by atomic mass is 16.3. The van der Waals surface area contributed by atoms with Crippen molar-refractivity contribution in [2.24, 2.45) is 0 Å². The fourth-order valence-corrected chi connectivity index (χ4v) is 1.59. The molecular formula is C13H14N3O2+. The molecule has 1 N–H and O–H groups in total. The number of hydrogen-bond donors (Lipinski definition) is 1. The molecule has 0 saturated carbocycles. The van der Waals surface area contributed by atoms with Gasteiger partial charge in [-0.2, -0.15) is 5.01 Å². The quantitative estimate of drug-likeness (QED) is 0.651. The van der Waals surface area contributed by atoms with Crippen molar-refractivity contribution < 1.29 is 9.66 Å². The molecule has 1 heterocycles. The summed E-state index contributed by atoms with van der Waals surface area (Å²) in [6.07, 6.45) is 1.67. The first-order chi connectivity index (χ1) is 8.59. The maximum Gasteiger partial charge on any atom is 0.347 e. The van der Waals surface area contributed by atoms with Gasteiger partial charge in [-0.25, -0.2) is 10.1 Å². The SMILES string of the molecule is C=C(C)C(=O)NC1=CCN(c2ccccc2)[N+]1=O. The molecule has 1 aliphatic heterocycles. The first-order valence-corrected chi connectivity index (χ1v) is 5.56. The van der Waals surface area contributed by atoms with Crippen LogP contribution in [-0.4, -0.2) is 17.3 Å². The molecule has 0 spiro atoms. The van der Waals surface area contributed by atoms with Gasteiger partial charge < -0.3 is 0 Å². The van der Waals surface area contributed by atoms with E-state index in [4.69, 9.17) is 0 Å². The van der Waals surface area contributed by atoms with Crippen molar-refractivity contribution in [1.29, 1.82) is 0 Å². The number of rotatable bonds is 3. The van der Waals surface area contributed by atoms with E-state index in [9.17, 15) is 9.70 Å². The van der Waals surface area contributed by atoms with Crippen LogP contribution in [0.2, 0.25) is 0 Å². The third-order valence-corrected chi connectivity index (χ3v) is 2.57. The molecule has 1 amide bonds. The number of carbonyl (C=O) groups is 1. The van der Waals surface area contributed by atoms with Crippen LogP contribution >= 0.6 is 0 Å². The summed E-state index contributed by atoms with van der Waals surface area (Å²) < 4.78 is 0. The average Bonchev–Trinajstić information content (AvgIpc) is 2.72. The zero-order valence-corrected chi connectivity index (χ0v) is 10.1. The summed E-state index contributed by atoms with van der Waals surface area (Å²) in [4.78, 5) is 24.1. The molecule has 92 valence electrons. The second-order valence-electron chi connectivity index (χ2n) is 4.01. The van der Waals surface area contributed by atoms with E-state index in [1.807, 2.05) is 30.3 Å². The molecule has 18 heavy (non-hydrogen) atoms. The molecule has 1 aromatic carbocycles. The van der Waals surface area contributed by atoms with Crippen molar-refractivity contribution in [3.63, 3.8) is 0 Å². The maximum atomic E-state index is 12.0. The van der Waals surface area contributed by atoms with Gasteiger partial charge in [0, 0.05) is 11.6 Å². The zero-order chi connectivity index (χ0) is 13.1.